The van der Waals surface area contributed by atoms with Crippen molar-refractivity contribution < 1.29 is 4.74 Å². The van der Waals surface area contributed by atoms with E-state index in [2.05, 4.69) is 58.9 Å². The third-order valence-corrected chi connectivity index (χ3v) is 5.10. The molecule has 1 aliphatic heterocycles. The van der Waals surface area contributed by atoms with E-state index in [1.54, 1.807) is 0 Å². The Labute approximate surface area is 162 Å². The smallest absolute Gasteiger partial charge is 0.194 e. The zero-order chi connectivity index (χ0) is 19.1. The number of aliphatic imine (C=N–C) groups is 1. The number of ether oxygens (including phenoxy) is 1. The Hall–Kier alpha value is -2.50. The molecule has 1 aromatic carbocycles. The second kappa shape index (κ2) is 9.44. The van der Waals surface area contributed by atoms with Gasteiger partial charge in [0, 0.05) is 32.0 Å². The first-order valence-corrected chi connectivity index (χ1v) is 9.87. The summed E-state index contributed by atoms with van der Waals surface area (Å²) < 4.78 is 8.03. The lowest BCUT2D eigenvalue weighted by Gasteiger charge is -2.39. The lowest BCUT2D eigenvalue weighted by atomic mass is 9.93. The Kier molecular flexibility index (Phi) is 6.74. The molecule has 0 radical (unpaired) electrons. The number of guanidine groups is 1. The van der Waals surface area contributed by atoms with Gasteiger partial charge in [0.05, 0.1) is 18.9 Å². The van der Waals surface area contributed by atoms with Crippen molar-refractivity contribution in [3.05, 3.63) is 48.5 Å². The van der Waals surface area contributed by atoms with Crippen LogP contribution in [0.5, 0.6) is 5.75 Å². The highest BCUT2D eigenvalue weighted by atomic mass is 16.5. The average Bonchev–Trinajstić information content (AvgIpc) is 3.21. The standard InChI is InChI=1S/C21H31N5O/c1-4-23-21(24-11-14-27-19-7-5-17(2)6-8-19)25-12-9-18(3)20(15-25)26-13-10-22-16-26/h5-8,10,13,16,18,20H,4,9,11-12,14-15H2,1-3H3,(H,23,24). The Morgan fingerprint density at radius 3 is 2.85 bits per heavy atom. The number of hydrogen-bond donors (Lipinski definition) is 1. The summed E-state index contributed by atoms with van der Waals surface area (Å²) in [5.74, 6) is 2.50. The highest BCUT2D eigenvalue weighted by Gasteiger charge is 2.28. The minimum atomic E-state index is 0.425. The Morgan fingerprint density at radius 2 is 2.15 bits per heavy atom. The fourth-order valence-electron chi connectivity index (χ4n) is 3.47. The highest BCUT2D eigenvalue weighted by molar-refractivity contribution is 5.80. The summed E-state index contributed by atoms with van der Waals surface area (Å²) in [7, 11) is 0. The summed E-state index contributed by atoms with van der Waals surface area (Å²) >= 11 is 0. The molecule has 146 valence electrons. The van der Waals surface area contributed by atoms with Crippen molar-refractivity contribution in [2.75, 3.05) is 32.8 Å². The largest absolute Gasteiger partial charge is 0.492 e. The molecule has 0 bridgehead atoms. The van der Waals surface area contributed by atoms with E-state index in [0.717, 1.165) is 37.8 Å². The van der Waals surface area contributed by atoms with Crippen molar-refractivity contribution in [1.82, 2.24) is 19.8 Å². The number of likely N-dealkylation sites (tertiary alicyclic amines) is 1. The quantitative estimate of drug-likeness (QED) is 0.483. The van der Waals surface area contributed by atoms with Crippen LogP contribution in [0.1, 0.15) is 31.9 Å². The second-order valence-electron chi connectivity index (χ2n) is 7.19. The Bertz CT molecular complexity index is 711. The molecule has 2 heterocycles. The maximum atomic E-state index is 5.81. The first-order valence-electron chi connectivity index (χ1n) is 9.87. The number of benzene rings is 1. The molecule has 1 N–H and O–H groups in total. The van der Waals surface area contributed by atoms with E-state index in [9.17, 15) is 0 Å². The molecule has 27 heavy (non-hydrogen) atoms. The van der Waals surface area contributed by atoms with E-state index < -0.39 is 0 Å². The molecule has 3 rings (SSSR count). The summed E-state index contributed by atoms with van der Waals surface area (Å²) in [5.41, 5.74) is 1.24. The van der Waals surface area contributed by atoms with Crippen LogP contribution in [0.3, 0.4) is 0 Å². The van der Waals surface area contributed by atoms with E-state index in [0.29, 0.717) is 25.1 Å². The summed E-state index contributed by atoms with van der Waals surface area (Å²) in [4.78, 5) is 11.4. The molecule has 2 unspecified atom stereocenters. The predicted molar refractivity (Wildman–Crippen MR) is 109 cm³/mol. The minimum absolute atomic E-state index is 0.425. The number of imidazole rings is 1. The number of aryl methyl sites for hydroxylation is 1. The molecule has 1 aliphatic rings. The zero-order valence-electron chi connectivity index (χ0n) is 16.6. The zero-order valence-corrected chi connectivity index (χ0v) is 16.6. The topological polar surface area (TPSA) is 54.7 Å². The minimum Gasteiger partial charge on any atom is -0.492 e. The number of piperidine rings is 1. The van der Waals surface area contributed by atoms with Crippen molar-refractivity contribution in [3.63, 3.8) is 0 Å². The van der Waals surface area contributed by atoms with Crippen LogP contribution in [0.4, 0.5) is 0 Å². The van der Waals surface area contributed by atoms with Gasteiger partial charge in [0.1, 0.15) is 12.4 Å². The molecule has 1 aromatic heterocycles. The number of rotatable bonds is 6. The van der Waals surface area contributed by atoms with E-state index in [1.807, 2.05) is 24.7 Å². The fourth-order valence-corrected chi connectivity index (χ4v) is 3.47. The van der Waals surface area contributed by atoms with Crippen molar-refractivity contribution in [2.24, 2.45) is 10.9 Å². The van der Waals surface area contributed by atoms with Crippen LogP contribution in [0, 0.1) is 12.8 Å². The summed E-state index contributed by atoms with van der Waals surface area (Å²) in [5, 5.41) is 3.43. The van der Waals surface area contributed by atoms with Gasteiger partial charge < -0.3 is 19.5 Å². The molecule has 2 aromatic rings. The van der Waals surface area contributed by atoms with Gasteiger partial charge in [0.15, 0.2) is 5.96 Å². The van der Waals surface area contributed by atoms with E-state index in [-0.39, 0.29) is 0 Å². The Morgan fingerprint density at radius 1 is 1.33 bits per heavy atom. The fraction of sp³-hybridized carbons (Fsp3) is 0.524. The molecule has 0 amide bonds. The van der Waals surface area contributed by atoms with Crippen molar-refractivity contribution in [3.8, 4) is 5.75 Å². The van der Waals surface area contributed by atoms with Crippen LogP contribution in [-0.2, 0) is 0 Å². The van der Waals surface area contributed by atoms with Gasteiger partial charge in [-0.05, 0) is 38.3 Å². The van der Waals surface area contributed by atoms with Gasteiger partial charge in [-0.15, -0.1) is 0 Å². The van der Waals surface area contributed by atoms with E-state index in [1.165, 1.54) is 5.56 Å². The number of hydrogen-bond acceptors (Lipinski definition) is 3. The molecular weight excluding hydrogens is 338 g/mol. The SMILES string of the molecule is CCNC(=NCCOc1ccc(C)cc1)N1CCC(C)C(n2ccnc2)C1. The molecule has 6 nitrogen and oxygen atoms in total. The number of nitrogens with zero attached hydrogens (tertiary/aromatic N) is 4. The molecule has 0 aliphatic carbocycles. The van der Waals surface area contributed by atoms with Gasteiger partial charge in [-0.3, -0.25) is 0 Å². The third-order valence-electron chi connectivity index (χ3n) is 5.10. The first-order chi connectivity index (χ1) is 13.2. The number of aromatic nitrogens is 2. The van der Waals surface area contributed by atoms with Crippen LogP contribution >= 0.6 is 0 Å². The molecular formula is C21H31N5O. The van der Waals surface area contributed by atoms with Gasteiger partial charge in [-0.2, -0.15) is 0 Å². The molecule has 0 saturated carbocycles. The summed E-state index contributed by atoms with van der Waals surface area (Å²) in [6, 6.07) is 8.56. The monoisotopic (exact) mass is 369 g/mol. The Balaban J connectivity index is 1.58. The first kappa shape index (κ1) is 19.3. The molecule has 6 heteroatoms. The second-order valence-corrected chi connectivity index (χ2v) is 7.19. The normalized spacial score (nSPS) is 20.6. The van der Waals surface area contributed by atoms with Crippen LogP contribution in [-0.4, -0.2) is 53.2 Å². The van der Waals surface area contributed by atoms with Crippen LogP contribution in [0.25, 0.3) is 0 Å². The summed E-state index contributed by atoms with van der Waals surface area (Å²) in [6.07, 6.45) is 6.98. The van der Waals surface area contributed by atoms with Crippen molar-refractivity contribution >= 4 is 5.96 Å². The van der Waals surface area contributed by atoms with Crippen LogP contribution in [0.15, 0.2) is 48.0 Å². The molecule has 1 saturated heterocycles. The van der Waals surface area contributed by atoms with Crippen LogP contribution < -0.4 is 10.1 Å². The summed E-state index contributed by atoms with van der Waals surface area (Å²) in [6.45, 7) is 10.6. The van der Waals surface area contributed by atoms with Gasteiger partial charge >= 0.3 is 0 Å². The maximum Gasteiger partial charge on any atom is 0.194 e. The third kappa shape index (κ3) is 5.25. The highest BCUT2D eigenvalue weighted by Crippen LogP contribution is 2.27. The lowest BCUT2D eigenvalue weighted by molar-refractivity contribution is 0.188. The predicted octanol–water partition coefficient (Wildman–Crippen LogP) is 3.12. The lowest BCUT2D eigenvalue weighted by Crippen LogP contribution is -2.49. The molecule has 0 spiro atoms. The van der Waals surface area contributed by atoms with E-state index in [4.69, 9.17) is 9.73 Å². The average molecular weight is 370 g/mol. The van der Waals surface area contributed by atoms with Crippen molar-refractivity contribution in [1.29, 1.82) is 0 Å². The van der Waals surface area contributed by atoms with E-state index >= 15 is 0 Å². The van der Waals surface area contributed by atoms with Gasteiger partial charge in [-0.1, -0.05) is 24.6 Å². The van der Waals surface area contributed by atoms with Gasteiger partial charge in [-0.25, -0.2) is 9.98 Å². The van der Waals surface area contributed by atoms with Crippen LogP contribution in [0.2, 0.25) is 0 Å². The molecule has 2 atom stereocenters. The maximum absolute atomic E-state index is 5.81. The van der Waals surface area contributed by atoms with Crippen molar-refractivity contribution in [2.45, 2.75) is 33.2 Å². The number of nitrogens with one attached hydrogen (secondary N) is 1. The van der Waals surface area contributed by atoms with Gasteiger partial charge in [0.25, 0.3) is 0 Å². The molecule has 1 fully saturated rings. The van der Waals surface area contributed by atoms with Gasteiger partial charge in [0.2, 0.25) is 0 Å².